The molecule has 4 amide bonds. The normalized spacial score (nSPS) is 29.3. The molecule has 4 heterocycles. The summed E-state index contributed by atoms with van der Waals surface area (Å²) in [5, 5.41) is 9.63. The van der Waals surface area contributed by atoms with Gasteiger partial charge >= 0.3 is 0 Å². The number of fused-ring (bicyclic) bond motifs is 3. The maximum Gasteiger partial charge on any atom is 0.258 e. The molecule has 0 radical (unpaired) electrons. The van der Waals surface area contributed by atoms with Crippen LogP contribution >= 0.6 is 0 Å². The summed E-state index contributed by atoms with van der Waals surface area (Å²) in [5.41, 5.74) is 2.64. The summed E-state index contributed by atoms with van der Waals surface area (Å²) in [6.07, 6.45) is 6.42. The van der Waals surface area contributed by atoms with E-state index in [4.69, 9.17) is 0 Å². The molecule has 2 aromatic carbocycles. The molecule has 0 N–H and O–H groups in total. The van der Waals surface area contributed by atoms with E-state index in [-0.39, 0.29) is 17.8 Å². The van der Waals surface area contributed by atoms with Crippen LogP contribution in [-0.4, -0.2) is 43.4 Å². The summed E-state index contributed by atoms with van der Waals surface area (Å²) in [6.45, 7) is 2.87. The number of aryl methyl sites for hydroxylation is 1. The third kappa shape index (κ3) is 2.68. The molecule has 39 heavy (non-hydrogen) atoms. The number of benzene rings is 2. The van der Waals surface area contributed by atoms with Crippen molar-refractivity contribution in [1.82, 2.24) is 19.7 Å². The van der Waals surface area contributed by atoms with Gasteiger partial charge in [0.15, 0.2) is 0 Å². The summed E-state index contributed by atoms with van der Waals surface area (Å²) in [4.78, 5) is 61.2. The maximum atomic E-state index is 14.0. The van der Waals surface area contributed by atoms with Crippen LogP contribution in [0.5, 0.6) is 0 Å². The van der Waals surface area contributed by atoms with Crippen molar-refractivity contribution in [3.8, 4) is 0 Å². The summed E-state index contributed by atoms with van der Waals surface area (Å²) in [7, 11) is 0. The third-order valence-corrected chi connectivity index (χ3v) is 9.01. The van der Waals surface area contributed by atoms with Crippen LogP contribution in [0.25, 0.3) is 21.8 Å². The van der Waals surface area contributed by atoms with Gasteiger partial charge in [0.05, 0.1) is 41.8 Å². The fourth-order valence-electron chi connectivity index (χ4n) is 7.54. The number of rotatable bonds is 3. The fraction of sp³-hybridized carbons (Fsp3) is 0.276. The minimum atomic E-state index is -0.737. The van der Waals surface area contributed by atoms with Crippen LogP contribution in [-0.2, 0) is 25.7 Å². The molecule has 2 aromatic heterocycles. The Bertz CT molecular complexity index is 1750. The van der Waals surface area contributed by atoms with Crippen molar-refractivity contribution in [1.29, 1.82) is 0 Å². The van der Waals surface area contributed by atoms with Gasteiger partial charge in [0.2, 0.25) is 23.6 Å². The Morgan fingerprint density at radius 2 is 1.33 bits per heavy atom. The van der Waals surface area contributed by atoms with Crippen LogP contribution in [0.2, 0.25) is 0 Å². The molecule has 4 aromatic rings. The number of aromatic nitrogens is 4. The molecule has 2 bridgehead atoms. The first kappa shape index (κ1) is 22.3. The molecule has 9 rings (SSSR count). The molecule has 1 saturated carbocycles. The highest BCUT2D eigenvalue weighted by Gasteiger charge is 2.69. The van der Waals surface area contributed by atoms with Gasteiger partial charge in [-0.2, -0.15) is 5.10 Å². The Labute approximate surface area is 221 Å². The number of anilines is 2. The predicted molar refractivity (Wildman–Crippen MR) is 140 cm³/mol. The fourth-order valence-corrected chi connectivity index (χ4v) is 7.54. The van der Waals surface area contributed by atoms with E-state index in [2.05, 4.69) is 32.7 Å². The van der Waals surface area contributed by atoms with Crippen molar-refractivity contribution in [3.63, 3.8) is 0 Å². The highest BCUT2D eigenvalue weighted by Crippen LogP contribution is 2.58. The van der Waals surface area contributed by atoms with E-state index in [9.17, 15) is 19.2 Å². The Morgan fingerprint density at radius 3 is 1.95 bits per heavy atom. The SMILES string of the molecule is CCn1c2ccccc2c2cc(N3C(=O)C4C5C=CC(C4C3=O)C3C(=O)N(c4nccnn4)C(=O)C53)ccc21. The van der Waals surface area contributed by atoms with E-state index in [1.54, 1.807) is 0 Å². The molecule has 5 aliphatic rings. The second kappa shape index (κ2) is 7.66. The molecule has 10 heteroatoms. The smallest absolute Gasteiger partial charge is 0.258 e. The highest BCUT2D eigenvalue weighted by molar-refractivity contribution is 6.26. The van der Waals surface area contributed by atoms with E-state index in [0.29, 0.717) is 5.69 Å². The van der Waals surface area contributed by atoms with Crippen LogP contribution in [0.3, 0.4) is 0 Å². The molecule has 6 unspecified atom stereocenters. The van der Waals surface area contributed by atoms with Crippen LogP contribution in [0.1, 0.15) is 6.92 Å². The molecule has 2 aliphatic heterocycles. The van der Waals surface area contributed by atoms with E-state index < -0.39 is 47.3 Å². The standard InChI is InChI=1S/C29H22N6O4/c1-2-33-19-6-4-3-5-15(19)18-13-14(7-10-20(18)33)34-25(36)21-16-8-9-17(22(21)26(34)37)24-23(16)27(38)35(28(24)39)29-30-11-12-31-32-29/h3-13,16-17,21-24H,2H2,1H3. The quantitative estimate of drug-likeness (QED) is 0.302. The van der Waals surface area contributed by atoms with Crippen molar-refractivity contribution in [2.75, 3.05) is 9.80 Å². The number of carbonyl (C=O) groups excluding carboxylic acids is 4. The minimum Gasteiger partial charge on any atom is -0.341 e. The van der Waals surface area contributed by atoms with E-state index in [1.165, 1.54) is 17.3 Å². The largest absolute Gasteiger partial charge is 0.341 e. The van der Waals surface area contributed by atoms with Crippen LogP contribution < -0.4 is 9.80 Å². The summed E-state index contributed by atoms with van der Waals surface area (Å²) >= 11 is 0. The number of hydrogen-bond donors (Lipinski definition) is 0. The number of hydrogen-bond acceptors (Lipinski definition) is 7. The lowest BCUT2D eigenvalue weighted by atomic mass is 9.54. The molecule has 3 aliphatic carbocycles. The van der Waals surface area contributed by atoms with Gasteiger partial charge in [0.25, 0.3) is 5.95 Å². The van der Waals surface area contributed by atoms with E-state index in [0.717, 1.165) is 33.3 Å². The minimum absolute atomic E-state index is 0.0784. The number of para-hydroxylation sites is 1. The van der Waals surface area contributed by atoms with Gasteiger partial charge in [-0.15, -0.1) is 5.10 Å². The second-order valence-corrected chi connectivity index (χ2v) is 10.6. The number of amides is 4. The Balaban J connectivity index is 1.20. The number of carbonyl (C=O) groups is 4. The molecule has 192 valence electrons. The molecule has 3 fully saturated rings. The van der Waals surface area contributed by atoms with Crippen LogP contribution in [0.15, 0.2) is 67.0 Å². The monoisotopic (exact) mass is 518 g/mol. The van der Waals surface area contributed by atoms with Gasteiger partial charge in [-0.3, -0.25) is 19.2 Å². The molecule has 0 spiro atoms. The van der Waals surface area contributed by atoms with Crippen molar-refractivity contribution in [2.24, 2.45) is 35.5 Å². The van der Waals surface area contributed by atoms with Crippen molar-refractivity contribution >= 4 is 57.1 Å². The van der Waals surface area contributed by atoms with E-state index >= 15 is 0 Å². The highest BCUT2D eigenvalue weighted by atomic mass is 16.2. The number of imide groups is 2. The van der Waals surface area contributed by atoms with Gasteiger partial charge in [-0.05, 0) is 31.2 Å². The molecular weight excluding hydrogens is 496 g/mol. The molecule has 6 atom stereocenters. The van der Waals surface area contributed by atoms with Crippen molar-refractivity contribution in [3.05, 3.63) is 67.0 Å². The predicted octanol–water partition coefficient (Wildman–Crippen LogP) is 2.73. The molecule has 2 saturated heterocycles. The summed E-state index contributed by atoms with van der Waals surface area (Å²) in [6, 6.07) is 13.8. The van der Waals surface area contributed by atoms with Crippen LogP contribution in [0.4, 0.5) is 11.6 Å². The lowest BCUT2D eigenvalue weighted by molar-refractivity contribution is -0.137. The van der Waals surface area contributed by atoms with Gasteiger partial charge in [0, 0.05) is 40.2 Å². The summed E-state index contributed by atoms with van der Waals surface area (Å²) in [5.74, 6) is -5.60. The Hall–Kier alpha value is -4.73. The van der Waals surface area contributed by atoms with Crippen molar-refractivity contribution < 1.29 is 19.2 Å². The zero-order valence-electron chi connectivity index (χ0n) is 20.8. The van der Waals surface area contributed by atoms with Crippen LogP contribution in [0, 0.1) is 35.5 Å². The van der Waals surface area contributed by atoms with Crippen molar-refractivity contribution in [2.45, 2.75) is 13.5 Å². The number of allylic oxidation sites excluding steroid dienone is 2. The first-order valence-electron chi connectivity index (χ1n) is 13.1. The topological polar surface area (TPSA) is 118 Å². The Morgan fingerprint density at radius 1 is 0.718 bits per heavy atom. The van der Waals surface area contributed by atoms with E-state index in [1.807, 2.05) is 48.6 Å². The first-order chi connectivity index (χ1) is 19.0. The zero-order chi connectivity index (χ0) is 26.6. The number of nitrogens with zero attached hydrogens (tertiary/aromatic N) is 6. The Kier molecular flexibility index (Phi) is 4.37. The second-order valence-electron chi connectivity index (χ2n) is 10.6. The maximum absolute atomic E-state index is 14.0. The average molecular weight is 519 g/mol. The van der Waals surface area contributed by atoms with Gasteiger partial charge in [0.1, 0.15) is 0 Å². The van der Waals surface area contributed by atoms with Gasteiger partial charge in [-0.1, -0.05) is 30.4 Å². The first-order valence-corrected chi connectivity index (χ1v) is 13.1. The lowest BCUT2D eigenvalue weighted by Gasteiger charge is -2.44. The third-order valence-electron chi connectivity index (χ3n) is 9.01. The summed E-state index contributed by atoms with van der Waals surface area (Å²) < 4.78 is 2.21. The average Bonchev–Trinajstić information content (AvgIpc) is 3.55. The lowest BCUT2D eigenvalue weighted by Crippen LogP contribution is -2.50. The molecule has 10 nitrogen and oxygen atoms in total. The van der Waals surface area contributed by atoms with Gasteiger partial charge in [-0.25, -0.2) is 14.8 Å². The molecular formula is C29H22N6O4. The van der Waals surface area contributed by atoms with Gasteiger partial charge < -0.3 is 4.57 Å². The zero-order valence-corrected chi connectivity index (χ0v) is 20.8.